The molecule has 92 valence electrons. The van der Waals surface area contributed by atoms with Crippen molar-refractivity contribution in [3.63, 3.8) is 0 Å². The van der Waals surface area contributed by atoms with E-state index in [0.29, 0.717) is 0 Å². The van der Waals surface area contributed by atoms with Crippen molar-refractivity contribution < 1.29 is 4.92 Å². The number of para-hydroxylation sites is 1. The molecule has 0 radical (unpaired) electrons. The largest absolute Gasteiger partial charge is 0.303 e. The molecule has 1 aromatic carbocycles. The molecule has 1 aromatic rings. The van der Waals surface area contributed by atoms with E-state index >= 15 is 0 Å². The third-order valence-electron chi connectivity index (χ3n) is 3.33. The van der Waals surface area contributed by atoms with E-state index in [0.717, 1.165) is 31.6 Å². The summed E-state index contributed by atoms with van der Waals surface area (Å²) < 4.78 is 0. The number of piperidine rings is 1. The molecule has 1 saturated heterocycles. The van der Waals surface area contributed by atoms with Gasteiger partial charge in [0.2, 0.25) is 0 Å². The Kier molecular flexibility index (Phi) is 4.09. The highest BCUT2D eigenvalue weighted by Gasteiger charge is 2.14. The van der Waals surface area contributed by atoms with Crippen LogP contribution in [0.5, 0.6) is 0 Å². The summed E-state index contributed by atoms with van der Waals surface area (Å²) in [5.41, 5.74) is 1.10. The topological polar surface area (TPSA) is 46.4 Å². The lowest BCUT2D eigenvalue weighted by atomic mass is 10.1. The maximum absolute atomic E-state index is 10.9. The smallest absolute Gasteiger partial charge is 0.272 e. The summed E-state index contributed by atoms with van der Waals surface area (Å²) in [6.45, 7) is 3.21. The molecule has 2 rings (SSSR count). The van der Waals surface area contributed by atoms with Crippen LogP contribution in [-0.2, 0) is 6.42 Å². The Labute approximate surface area is 101 Å². The van der Waals surface area contributed by atoms with Crippen LogP contribution in [0.1, 0.15) is 24.8 Å². The zero-order chi connectivity index (χ0) is 12.1. The summed E-state index contributed by atoms with van der Waals surface area (Å²) in [6.07, 6.45) is 4.62. The number of hydrogen-bond acceptors (Lipinski definition) is 3. The molecule has 1 aliphatic heterocycles. The average molecular weight is 234 g/mol. The van der Waals surface area contributed by atoms with Gasteiger partial charge in [0.25, 0.3) is 5.69 Å². The van der Waals surface area contributed by atoms with Crippen LogP contribution < -0.4 is 0 Å². The van der Waals surface area contributed by atoms with Crippen LogP contribution in [0.25, 0.3) is 0 Å². The minimum atomic E-state index is -0.286. The second-order valence-electron chi connectivity index (χ2n) is 4.54. The first-order valence-corrected chi connectivity index (χ1v) is 6.22. The second kappa shape index (κ2) is 5.77. The molecule has 0 spiro atoms. The van der Waals surface area contributed by atoms with Gasteiger partial charge >= 0.3 is 0 Å². The van der Waals surface area contributed by atoms with Crippen LogP contribution in [0, 0.1) is 10.1 Å². The number of nitro groups is 1. The molecule has 0 unspecified atom stereocenters. The lowest BCUT2D eigenvalue weighted by Crippen LogP contribution is -2.31. The molecule has 0 bridgehead atoms. The van der Waals surface area contributed by atoms with Gasteiger partial charge in [0.05, 0.1) is 4.92 Å². The van der Waals surface area contributed by atoms with Gasteiger partial charge in [0, 0.05) is 18.2 Å². The fourth-order valence-corrected chi connectivity index (χ4v) is 2.36. The fourth-order valence-electron chi connectivity index (χ4n) is 2.36. The van der Waals surface area contributed by atoms with E-state index in [-0.39, 0.29) is 10.6 Å². The standard InChI is InChI=1S/C13H18N2O2/c16-15(17)13-7-3-2-6-12(13)8-11-14-9-4-1-5-10-14/h2-3,6-7H,1,4-5,8-11H2. The molecule has 17 heavy (non-hydrogen) atoms. The Morgan fingerprint density at radius 3 is 2.59 bits per heavy atom. The van der Waals surface area contributed by atoms with Gasteiger partial charge < -0.3 is 4.90 Å². The second-order valence-corrected chi connectivity index (χ2v) is 4.54. The highest BCUT2D eigenvalue weighted by atomic mass is 16.6. The van der Waals surface area contributed by atoms with Crippen LogP contribution in [0.15, 0.2) is 24.3 Å². The summed E-state index contributed by atoms with van der Waals surface area (Å²) in [4.78, 5) is 13.0. The lowest BCUT2D eigenvalue weighted by Gasteiger charge is -2.26. The van der Waals surface area contributed by atoms with E-state index in [4.69, 9.17) is 0 Å². The molecule has 4 nitrogen and oxygen atoms in total. The SMILES string of the molecule is O=[N+]([O-])c1ccccc1CCN1CCCCC1. The van der Waals surface area contributed by atoms with Crippen LogP contribution in [-0.4, -0.2) is 29.5 Å². The lowest BCUT2D eigenvalue weighted by molar-refractivity contribution is -0.385. The van der Waals surface area contributed by atoms with Crippen molar-refractivity contribution >= 4 is 5.69 Å². The number of rotatable bonds is 4. The van der Waals surface area contributed by atoms with Gasteiger partial charge in [0.15, 0.2) is 0 Å². The van der Waals surface area contributed by atoms with Crippen molar-refractivity contribution in [3.05, 3.63) is 39.9 Å². The molecular weight excluding hydrogens is 216 g/mol. The predicted octanol–water partition coefficient (Wildman–Crippen LogP) is 2.62. The van der Waals surface area contributed by atoms with Gasteiger partial charge in [0.1, 0.15) is 0 Å². The van der Waals surface area contributed by atoms with Crippen molar-refractivity contribution in [1.82, 2.24) is 4.90 Å². The highest BCUT2D eigenvalue weighted by molar-refractivity contribution is 5.39. The van der Waals surface area contributed by atoms with Crippen LogP contribution in [0.2, 0.25) is 0 Å². The number of nitrogens with zero attached hydrogens (tertiary/aromatic N) is 2. The van der Waals surface area contributed by atoms with Gasteiger partial charge in [-0.1, -0.05) is 24.6 Å². The molecule has 0 aliphatic carbocycles. The average Bonchev–Trinajstić information content (AvgIpc) is 2.38. The van der Waals surface area contributed by atoms with Crippen molar-refractivity contribution in [1.29, 1.82) is 0 Å². The third kappa shape index (κ3) is 3.27. The quantitative estimate of drug-likeness (QED) is 0.594. The molecule has 1 aliphatic rings. The predicted molar refractivity (Wildman–Crippen MR) is 67.1 cm³/mol. The fraction of sp³-hybridized carbons (Fsp3) is 0.538. The maximum Gasteiger partial charge on any atom is 0.272 e. The summed E-state index contributed by atoms with van der Waals surface area (Å²) in [6, 6.07) is 7.05. The Hall–Kier alpha value is -1.42. The van der Waals surface area contributed by atoms with Crippen LogP contribution in [0.3, 0.4) is 0 Å². The molecular formula is C13H18N2O2. The van der Waals surface area contributed by atoms with Crippen LogP contribution in [0.4, 0.5) is 5.69 Å². The molecule has 0 aromatic heterocycles. The molecule has 4 heteroatoms. The summed E-state index contributed by atoms with van der Waals surface area (Å²) in [7, 11) is 0. The Bertz CT molecular complexity index is 387. The summed E-state index contributed by atoms with van der Waals surface area (Å²) in [5, 5.41) is 10.9. The van der Waals surface area contributed by atoms with E-state index in [1.807, 2.05) is 12.1 Å². The highest BCUT2D eigenvalue weighted by Crippen LogP contribution is 2.19. The Morgan fingerprint density at radius 1 is 1.18 bits per heavy atom. The van der Waals surface area contributed by atoms with Crippen molar-refractivity contribution in [2.45, 2.75) is 25.7 Å². The van der Waals surface area contributed by atoms with Crippen molar-refractivity contribution in [2.24, 2.45) is 0 Å². The molecule has 1 fully saturated rings. The maximum atomic E-state index is 10.9. The van der Waals surface area contributed by atoms with E-state index in [9.17, 15) is 10.1 Å². The van der Waals surface area contributed by atoms with Crippen LogP contribution >= 0.6 is 0 Å². The number of hydrogen-bond donors (Lipinski definition) is 0. The van der Waals surface area contributed by atoms with Crippen molar-refractivity contribution in [3.8, 4) is 0 Å². The zero-order valence-electron chi connectivity index (χ0n) is 9.97. The summed E-state index contributed by atoms with van der Waals surface area (Å²) >= 11 is 0. The first kappa shape index (κ1) is 12.0. The first-order valence-electron chi connectivity index (χ1n) is 6.22. The normalized spacial score (nSPS) is 16.9. The molecule has 0 saturated carbocycles. The van der Waals surface area contributed by atoms with Crippen molar-refractivity contribution in [2.75, 3.05) is 19.6 Å². The molecule has 0 amide bonds. The van der Waals surface area contributed by atoms with E-state index in [1.54, 1.807) is 12.1 Å². The van der Waals surface area contributed by atoms with E-state index in [1.165, 1.54) is 19.3 Å². The molecule has 0 N–H and O–H groups in total. The minimum absolute atomic E-state index is 0.254. The number of nitro benzene ring substituents is 1. The number of likely N-dealkylation sites (tertiary alicyclic amines) is 1. The Morgan fingerprint density at radius 2 is 1.88 bits per heavy atom. The first-order chi connectivity index (χ1) is 8.27. The van der Waals surface area contributed by atoms with E-state index in [2.05, 4.69) is 4.90 Å². The zero-order valence-corrected chi connectivity index (χ0v) is 9.97. The molecule has 0 atom stereocenters. The monoisotopic (exact) mass is 234 g/mol. The Balaban J connectivity index is 1.96. The number of benzene rings is 1. The third-order valence-corrected chi connectivity index (χ3v) is 3.33. The minimum Gasteiger partial charge on any atom is -0.303 e. The van der Waals surface area contributed by atoms with Gasteiger partial charge in [-0.15, -0.1) is 0 Å². The van der Waals surface area contributed by atoms with Gasteiger partial charge in [-0.05, 0) is 32.4 Å². The van der Waals surface area contributed by atoms with E-state index < -0.39 is 0 Å². The van der Waals surface area contributed by atoms with Gasteiger partial charge in [-0.2, -0.15) is 0 Å². The summed E-state index contributed by atoms with van der Waals surface area (Å²) in [5.74, 6) is 0. The van der Waals surface area contributed by atoms with Gasteiger partial charge in [-0.25, -0.2) is 0 Å². The van der Waals surface area contributed by atoms with Gasteiger partial charge in [-0.3, -0.25) is 10.1 Å². The molecule has 1 heterocycles.